The Kier molecular flexibility index (Phi) is 6.41. The summed E-state index contributed by atoms with van der Waals surface area (Å²) in [7, 11) is 1.52. The lowest BCUT2D eigenvalue weighted by atomic mass is 10.1. The number of aromatic nitrogens is 2. The van der Waals surface area contributed by atoms with E-state index in [0.717, 1.165) is 4.68 Å². The van der Waals surface area contributed by atoms with Gasteiger partial charge in [-0.1, -0.05) is 29.8 Å². The van der Waals surface area contributed by atoms with Crippen LogP contribution in [-0.2, 0) is 4.74 Å². The van der Waals surface area contributed by atoms with Gasteiger partial charge in [-0.3, -0.25) is 9.59 Å². The van der Waals surface area contributed by atoms with Crippen molar-refractivity contribution in [1.29, 1.82) is 0 Å². The third-order valence-electron chi connectivity index (χ3n) is 4.14. The molecule has 0 bridgehead atoms. The molecule has 6 nitrogen and oxygen atoms in total. The Morgan fingerprint density at radius 3 is 2.62 bits per heavy atom. The molecule has 0 aliphatic heterocycles. The van der Waals surface area contributed by atoms with E-state index in [1.54, 1.807) is 37.3 Å². The van der Waals surface area contributed by atoms with Gasteiger partial charge >= 0.3 is 0 Å². The van der Waals surface area contributed by atoms with Gasteiger partial charge < -0.3 is 10.1 Å². The lowest BCUT2D eigenvalue weighted by molar-refractivity contribution is 0.0903. The highest BCUT2D eigenvalue weighted by Crippen LogP contribution is 2.20. The van der Waals surface area contributed by atoms with Crippen molar-refractivity contribution in [2.24, 2.45) is 0 Å². The van der Waals surface area contributed by atoms with Crippen molar-refractivity contribution in [3.63, 3.8) is 0 Å². The van der Waals surface area contributed by atoms with E-state index in [-0.39, 0.29) is 17.3 Å². The maximum absolute atomic E-state index is 13.7. The highest BCUT2D eigenvalue weighted by Gasteiger charge is 2.19. The molecule has 29 heavy (non-hydrogen) atoms. The Morgan fingerprint density at radius 2 is 1.97 bits per heavy atom. The molecule has 1 amide bonds. The van der Waals surface area contributed by atoms with Gasteiger partial charge in [0.1, 0.15) is 11.4 Å². The average Bonchev–Trinajstić information content (AvgIpc) is 2.69. The van der Waals surface area contributed by atoms with Crippen LogP contribution < -0.4 is 10.9 Å². The fraction of sp³-hybridized carbons (Fsp3) is 0.190. The van der Waals surface area contributed by atoms with Crippen LogP contribution in [0.4, 0.5) is 4.39 Å². The third-order valence-corrected chi connectivity index (χ3v) is 4.40. The van der Waals surface area contributed by atoms with E-state index in [9.17, 15) is 14.0 Å². The molecular formula is C21H19ClFN3O3. The second-order valence-electron chi connectivity index (χ2n) is 6.48. The lowest BCUT2D eigenvalue weighted by Crippen LogP contribution is -2.39. The van der Waals surface area contributed by atoms with E-state index in [2.05, 4.69) is 10.4 Å². The summed E-state index contributed by atoms with van der Waals surface area (Å²) in [6.07, 6.45) is 0. The summed E-state index contributed by atoms with van der Waals surface area (Å²) in [6.45, 7) is 2.05. The highest BCUT2D eigenvalue weighted by molar-refractivity contribution is 6.30. The Bertz CT molecular complexity index is 1080. The number of rotatable bonds is 6. The van der Waals surface area contributed by atoms with Crippen molar-refractivity contribution in [3.05, 3.63) is 81.4 Å². The molecule has 0 spiro atoms. The summed E-state index contributed by atoms with van der Waals surface area (Å²) < 4.78 is 19.8. The van der Waals surface area contributed by atoms with Crippen molar-refractivity contribution >= 4 is 17.5 Å². The Labute approximate surface area is 171 Å². The lowest BCUT2D eigenvalue weighted by Gasteiger charge is -2.14. The number of nitrogens with zero attached hydrogens (tertiary/aromatic N) is 2. The fourth-order valence-corrected chi connectivity index (χ4v) is 2.92. The number of carbonyl (C=O) groups is 1. The number of halogens is 2. The van der Waals surface area contributed by atoms with E-state index in [1.165, 1.54) is 31.4 Å². The molecule has 0 fully saturated rings. The van der Waals surface area contributed by atoms with Crippen molar-refractivity contribution in [1.82, 2.24) is 15.1 Å². The number of amides is 1. The largest absolute Gasteiger partial charge is 0.383 e. The molecule has 1 aromatic heterocycles. The van der Waals surface area contributed by atoms with Gasteiger partial charge in [0.15, 0.2) is 0 Å². The van der Waals surface area contributed by atoms with Crippen molar-refractivity contribution in [3.8, 4) is 16.9 Å². The van der Waals surface area contributed by atoms with Crippen LogP contribution in [0.5, 0.6) is 0 Å². The first kappa shape index (κ1) is 20.7. The number of hydrogen-bond acceptors (Lipinski definition) is 4. The average molecular weight is 416 g/mol. The minimum Gasteiger partial charge on any atom is -0.383 e. The van der Waals surface area contributed by atoms with Crippen molar-refractivity contribution in [2.45, 2.75) is 13.0 Å². The molecule has 0 unspecified atom stereocenters. The van der Waals surface area contributed by atoms with E-state index in [4.69, 9.17) is 16.3 Å². The molecule has 2 aromatic carbocycles. The molecule has 1 atom stereocenters. The zero-order valence-corrected chi connectivity index (χ0v) is 16.6. The zero-order chi connectivity index (χ0) is 21.0. The Hall–Kier alpha value is -3.03. The fourth-order valence-electron chi connectivity index (χ4n) is 2.80. The molecule has 150 valence electrons. The SMILES string of the molecule is COC[C@H](C)NC(=O)c1cc(-c2ccc(Cl)cc2)nn(-c2cccc(F)c2)c1=O. The quantitative estimate of drug-likeness (QED) is 0.669. The van der Waals surface area contributed by atoms with E-state index < -0.39 is 17.3 Å². The van der Waals surface area contributed by atoms with Crippen LogP contribution in [0, 0.1) is 5.82 Å². The minimum absolute atomic E-state index is 0.114. The minimum atomic E-state index is -0.657. The van der Waals surface area contributed by atoms with Gasteiger partial charge in [-0.05, 0) is 43.3 Å². The van der Waals surface area contributed by atoms with Crippen LogP contribution in [0.15, 0.2) is 59.4 Å². The normalized spacial score (nSPS) is 11.9. The molecule has 3 aromatic rings. The van der Waals surface area contributed by atoms with Crippen LogP contribution in [0.25, 0.3) is 16.9 Å². The molecule has 0 aliphatic rings. The Morgan fingerprint density at radius 1 is 1.24 bits per heavy atom. The predicted octanol–water partition coefficient (Wildman–Crippen LogP) is 3.46. The summed E-state index contributed by atoms with van der Waals surface area (Å²) in [5.74, 6) is -1.09. The summed E-state index contributed by atoms with van der Waals surface area (Å²) in [5, 5.41) is 7.59. The second-order valence-corrected chi connectivity index (χ2v) is 6.91. The molecule has 1 N–H and O–H groups in total. The van der Waals surface area contributed by atoms with Gasteiger partial charge in [0.25, 0.3) is 11.5 Å². The topological polar surface area (TPSA) is 73.2 Å². The van der Waals surface area contributed by atoms with Crippen molar-refractivity contribution < 1.29 is 13.9 Å². The van der Waals surface area contributed by atoms with Crippen LogP contribution in [0.2, 0.25) is 5.02 Å². The summed E-state index contributed by atoms with van der Waals surface area (Å²) >= 11 is 5.94. The predicted molar refractivity (Wildman–Crippen MR) is 109 cm³/mol. The number of benzene rings is 2. The molecule has 1 heterocycles. The molecule has 0 aliphatic carbocycles. The molecule has 8 heteroatoms. The Balaban J connectivity index is 2.15. The number of methoxy groups -OCH3 is 1. The molecule has 0 radical (unpaired) electrons. The van der Waals surface area contributed by atoms with Crippen LogP contribution >= 0.6 is 11.6 Å². The number of ether oxygens (including phenoxy) is 1. The standard InChI is InChI=1S/C21H19ClFN3O3/c1-13(12-29-2)24-20(27)18-11-19(14-6-8-15(22)9-7-14)25-26(21(18)28)17-5-3-4-16(23)10-17/h3-11,13H,12H2,1-2H3,(H,24,27)/t13-/m0/s1. The molecule has 0 saturated heterocycles. The van der Waals surface area contributed by atoms with Crippen LogP contribution in [-0.4, -0.2) is 35.4 Å². The maximum atomic E-state index is 13.7. The van der Waals surface area contributed by atoms with Gasteiger partial charge in [-0.25, -0.2) is 4.39 Å². The van der Waals surface area contributed by atoms with Gasteiger partial charge in [-0.15, -0.1) is 0 Å². The summed E-state index contributed by atoms with van der Waals surface area (Å²) in [5.41, 5.74) is 0.464. The third kappa shape index (κ3) is 4.88. The van der Waals surface area contributed by atoms with E-state index in [0.29, 0.717) is 22.9 Å². The number of carbonyl (C=O) groups excluding carboxylic acids is 1. The van der Waals surface area contributed by atoms with Gasteiger partial charge in [0, 0.05) is 23.7 Å². The first-order valence-electron chi connectivity index (χ1n) is 8.85. The summed E-state index contributed by atoms with van der Waals surface area (Å²) in [4.78, 5) is 25.7. The van der Waals surface area contributed by atoms with Gasteiger partial charge in [-0.2, -0.15) is 9.78 Å². The highest BCUT2D eigenvalue weighted by atomic mass is 35.5. The summed E-state index contributed by atoms with van der Waals surface area (Å²) in [6, 6.07) is 13.4. The molecule has 0 saturated carbocycles. The van der Waals surface area contributed by atoms with E-state index >= 15 is 0 Å². The molecule has 3 rings (SSSR count). The van der Waals surface area contributed by atoms with Gasteiger partial charge in [0.05, 0.1) is 18.0 Å². The maximum Gasteiger partial charge on any atom is 0.284 e. The van der Waals surface area contributed by atoms with Crippen LogP contribution in [0.1, 0.15) is 17.3 Å². The number of nitrogens with one attached hydrogen (secondary N) is 1. The zero-order valence-electron chi connectivity index (χ0n) is 15.9. The smallest absolute Gasteiger partial charge is 0.284 e. The molecular weight excluding hydrogens is 397 g/mol. The van der Waals surface area contributed by atoms with Gasteiger partial charge in [0.2, 0.25) is 0 Å². The first-order chi connectivity index (χ1) is 13.9. The van der Waals surface area contributed by atoms with E-state index in [1.807, 2.05) is 0 Å². The van der Waals surface area contributed by atoms with Crippen LogP contribution in [0.3, 0.4) is 0 Å². The van der Waals surface area contributed by atoms with Crippen molar-refractivity contribution in [2.75, 3.05) is 13.7 Å². The second kappa shape index (κ2) is 8.98. The first-order valence-corrected chi connectivity index (χ1v) is 9.23. The monoisotopic (exact) mass is 415 g/mol. The number of hydrogen-bond donors (Lipinski definition) is 1.